The second-order valence-electron chi connectivity index (χ2n) is 5.27. The molecule has 0 bridgehead atoms. The Kier molecular flexibility index (Phi) is 5.03. The quantitative estimate of drug-likeness (QED) is 0.758. The zero-order valence-corrected chi connectivity index (χ0v) is 14.0. The molecule has 3 rings (SSSR count). The Balaban J connectivity index is 1.55. The van der Waals surface area contributed by atoms with Gasteiger partial charge in [-0.2, -0.15) is 0 Å². The van der Waals surface area contributed by atoms with Crippen molar-refractivity contribution < 1.29 is 5.11 Å². The molecule has 2 aromatic rings. The van der Waals surface area contributed by atoms with Crippen LogP contribution in [0.5, 0.6) is 0 Å². The highest BCUT2D eigenvalue weighted by Gasteiger charge is 2.24. The van der Waals surface area contributed by atoms with Gasteiger partial charge < -0.3 is 15.7 Å². The highest BCUT2D eigenvalue weighted by molar-refractivity contribution is 9.10. The van der Waals surface area contributed by atoms with Crippen LogP contribution < -0.4 is 10.6 Å². The lowest BCUT2D eigenvalue weighted by Gasteiger charge is -2.13. The molecule has 1 aliphatic heterocycles. The Morgan fingerprint density at radius 3 is 3.10 bits per heavy atom. The molecule has 21 heavy (non-hydrogen) atoms. The van der Waals surface area contributed by atoms with Crippen LogP contribution in [0, 0.1) is 5.92 Å². The van der Waals surface area contributed by atoms with Crippen LogP contribution in [-0.4, -0.2) is 35.8 Å². The molecule has 6 heteroatoms. The summed E-state index contributed by atoms with van der Waals surface area (Å²) in [6.07, 6.45) is -0.231. The molecule has 3 N–H and O–H groups in total. The second kappa shape index (κ2) is 6.98. The van der Waals surface area contributed by atoms with Gasteiger partial charge in [-0.3, -0.25) is 0 Å². The third-order valence-electron chi connectivity index (χ3n) is 3.64. The molecular weight excluding hydrogens is 350 g/mol. The molecule has 0 saturated carbocycles. The summed E-state index contributed by atoms with van der Waals surface area (Å²) >= 11 is 5.15. The van der Waals surface area contributed by atoms with Crippen LogP contribution in [0.15, 0.2) is 34.1 Å². The summed E-state index contributed by atoms with van der Waals surface area (Å²) in [7, 11) is 0. The minimum absolute atomic E-state index is 0.231. The van der Waals surface area contributed by atoms with Crippen molar-refractivity contribution in [2.45, 2.75) is 12.6 Å². The number of nitrogens with zero attached hydrogens (tertiary/aromatic N) is 1. The Labute approximate surface area is 136 Å². The van der Waals surface area contributed by atoms with Gasteiger partial charge in [0.2, 0.25) is 0 Å². The summed E-state index contributed by atoms with van der Waals surface area (Å²) in [4.78, 5) is 4.66. The molecule has 1 aromatic heterocycles. The largest absolute Gasteiger partial charge is 0.391 e. The first-order valence-corrected chi connectivity index (χ1v) is 8.69. The molecule has 4 nitrogen and oxygen atoms in total. The molecule has 0 radical (unpaired) electrons. The van der Waals surface area contributed by atoms with Crippen molar-refractivity contribution in [3.05, 3.63) is 39.8 Å². The first kappa shape index (κ1) is 15.1. The SMILES string of the molecule is OC1CNCC1CNCc1csc(-c2cccc(Br)c2)n1. The Morgan fingerprint density at radius 1 is 1.43 bits per heavy atom. The van der Waals surface area contributed by atoms with Crippen LogP contribution in [0.1, 0.15) is 5.69 Å². The van der Waals surface area contributed by atoms with Crippen molar-refractivity contribution in [3.63, 3.8) is 0 Å². The first-order valence-electron chi connectivity index (χ1n) is 7.02. The van der Waals surface area contributed by atoms with E-state index in [1.165, 1.54) is 0 Å². The maximum atomic E-state index is 9.74. The third-order valence-corrected chi connectivity index (χ3v) is 5.07. The molecule has 1 fully saturated rings. The van der Waals surface area contributed by atoms with Crippen LogP contribution in [-0.2, 0) is 6.54 Å². The van der Waals surface area contributed by atoms with E-state index in [4.69, 9.17) is 0 Å². The number of hydrogen-bond acceptors (Lipinski definition) is 5. The number of aromatic nitrogens is 1. The maximum Gasteiger partial charge on any atom is 0.123 e. The summed E-state index contributed by atoms with van der Waals surface area (Å²) in [5.74, 6) is 0.299. The van der Waals surface area contributed by atoms with Gasteiger partial charge in [-0.15, -0.1) is 11.3 Å². The van der Waals surface area contributed by atoms with Crippen LogP contribution in [0.2, 0.25) is 0 Å². The number of aliphatic hydroxyl groups excluding tert-OH is 1. The molecule has 112 valence electrons. The van der Waals surface area contributed by atoms with Gasteiger partial charge in [0.15, 0.2) is 0 Å². The summed E-state index contributed by atoms with van der Waals surface area (Å²) < 4.78 is 1.07. The first-order chi connectivity index (χ1) is 10.2. The Bertz CT molecular complexity index is 604. The van der Waals surface area contributed by atoms with Crippen molar-refractivity contribution >= 4 is 27.3 Å². The van der Waals surface area contributed by atoms with Gasteiger partial charge in [-0.05, 0) is 12.1 Å². The molecular formula is C15H18BrN3OS. The number of halogens is 1. The van der Waals surface area contributed by atoms with E-state index in [1.54, 1.807) is 11.3 Å². The lowest BCUT2D eigenvalue weighted by molar-refractivity contribution is 0.146. The summed E-state index contributed by atoms with van der Waals surface area (Å²) in [6, 6.07) is 8.19. The highest BCUT2D eigenvalue weighted by atomic mass is 79.9. The van der Waals surface area contributed by atoms with Crippen molar-refractivity contribution in [1.82, 2.24) is 15.6 Å². The lowest BCUT2D eigenvalue weighted by atomic mass is 10.1. The van der Waals surface area contributed by atoms with Crippen LogP contribution >= 0.6 is 27.3 Å². The minimum Gasteiger partial charge on any atom is -0.391 e. The van der Waals surface area contributed by atoms with E-state index in [9.17, 15) is 5.11 Å². The predicted molar refractivity (Wildman–Crippen MR) is 89.3 cm³/mol. The predicted octanol–water partition coefficient (Wildman–Crippen LogP) is 2.24. The maximum absolute atomic E-state index is 9.74. The van der Waals surface area contributed by atoms with Gasteiger partial charge in [-0.25, -0.2) is 4.98 Å². The fourth-order valence-corrected chi connectivity index (χ4v) is 3.67. The van der Waals surface area contributed by atoms with Gasteiger partial charge in [0.1, 0.15) is 5.01 Å². The fourth-order valence-electron chi connectivity index (χ4n) is 2.46. The Morgan fingerprint density at radius 2 is 2.33 bits per heavy atom. The van der Waals surface area contributed by atoms with E-state index in [1.807, 2.05) is 12.1 Å². The number of aliphatic hydroxyl groups is 1. The standard InChI is InChI=1S/C15H18BrN3OS/c16-12-3-1-2-10(4-12)15-19-13(9-21-15)7-17-5-11-6-18-8-14(11)20/h1-4,9,11,14,17-18,20H,5-8H2. The molecule has 0 spiro atoms. The number of hydrogen-bond donors (Lipinski definition) is 3. The molecule has 0 aliphatic carbocycles. The molecule has 2 unspecified atom stereocenters. The highest BCUT2D eigenvalue weighted by Crippen LogP contribution is 2.26. The van der Waals surface area contributed by atoms with Crippen molar-refractivity contribution in [3.8, 4) is 10.6 Å². The van der Waals surface area contributed by atoms with E-state index in [0.717, 1.165) is 40.4 Å². The smallest absolute Gasteiger partial charge is 0.123 e. The number of thiazole rings is 1. The van der Waals surface area contributed by atoms with Crippen LogP contribution in [0.4, 0.5) is 0 Å². The normalized spacial score (nSPS) is 21.8. The number of benzene rings is 1. The van der Waals surface area contributed by atoms with Crippen molar-refractivity contribution in [2.24, 2.45) is 5.92 Å². The zero-order valence-electron chi connectivity index (χ0n) is 11.6. The molecule has 2 atom stereocenters. The van der Waals surface area contributed by atoms with Gasteiger partial charge in [-0.1, -0.05) is 28.1 Å². The third kappa shape index (κ3) is 3.90. The van der Waals surface area contributed by atoms with Crippen LogP contribution in [0.3, 0.4) is 0 Å². The van der Waals surface area contributed by atoms with Crippen molar-refractivity contribution in [2.75, 3.05) is 19.6 Å². The number of β-amino-alcohol motifs (C(OH)–C–C–N with tert-alkyl or cyclic N) is 1. The summed E-state index contributed by atoms with van der Waals surface area (Å²) in [6.45, 7) is 3.15. The van der Waals surface area contributed by atoms with E-state index in [0.29, 0.717) is 12.5 Å². The lowest BCUT2D eigenvalue weighted by Crippen LogP contribution is -2.30. The second-order valence-corrected chi connectivity index (χ2v) is 7.04. The monoisotopic (exact) mass is 367 g/mol. The Hall–Kier alpha value is -0.790. The molecule has 1 saturated heterocycles. The summed E-state index contributed by atoms with van der Waals surface area (Å²) in [5.41, 5.74) is 2.19. The molecule has 0 amide bonds. The van der Waals surface area contributed by atoms with Gasteiger partial charge in [0.05, 0.1) is 11.8 Å². The average Bonchev–Trinajstić information content (AvgIpc) is 3.09. The summed E-state index contributed by atoms with van der Waals surface area (Å²) in [5, 5.41) is 19.5. The van der Waals surface area contributed by atoms with Crippen LogP contribution in [0.25, 0.3) is 10.6 Å². The van der Waals surface area contributed by atoms with E-state index in [2.05, 4.69) is 49.1 Å². The van der Waals surface area contributed by atoms with Gasteiger partial charge >= 0.3 is 0 Å². The van der Waals surface area contributed by atoms with Gasteiger partial charge in [0, 0.05) is 47.5 Å². The molecule has 1 aliphatic rings. The number of rotatable bonds is 5. The van der Waals surface area contributed by atoms with Crippen molar-refractivity contribution in [1.29, 1.82) is 0 Å². The minimum atomic E-state index is -0.231. The van der Waals surface area contributed by atoms with Gasteiger partial charge in [0.25, 0.3) is 0 Å². The topological polar surface area (TPSA) is 57.2 Å². The molecule has 2 heterocycles. The average molecular weight is 368 g/mol. The zero-order chi connectivity index (χ0) is 14.7. The van der Waals surface area contributed by atoms with E-state index >= 15 is 0 Å². The van der Waals surface area contributed by atoms with E-state index < -0.39 is 0 Å². The molecule has 1 aromatic carbocycles. The van der Waals surface area contributed by atoms with E-state index in [-0.39, 0.29) is 6.10 Å². The number of nitrogens with one attached hydrogen (secondary N) is 2. The fraction of sp³-hybridized carbons (Fsp3) is 0.400.